The number of carboxylic acids is 1. The molecule has 2 aromatic rings. The smallest absolute Gasteiger partial charge is 0.328 e. The third-order valence-electron chi connectivity index (χ3n) is 3.18. The number of morpholine rings is 1. The van der Waals surface area contributed by atoms with Gasteiger partial charge in [0.2, 0.25) is 0 Å². The lowest BCUT2D eigenvalue weighted by Gasteiger charge is -2.33. The summed E-state index contributed by atoms with van der Waals surface area (Å²) < 4.78 is 6.95. The number of nitrogens with zero attached hydrogens (tertiary/aromatic N) is 4. The number of aryl methyl sites for hydroxylation is 1. The maximum atomic E-state index is 11.3. The summed E-state index contributed by atoms with van der Waals surface area (Å²) in [6.45, 7) is 3.07. The number of hydrogen-bond acceptors (Lipinski definition) is 5. The van der Waals surface area contributed by atoms with Gasteiger partial charge in [0.25, 0.3) is 0 Å². The summed E-state index contributed by atoms with van der Waals surface area (Å²) in [4.78, 5) is 17.4. The largest absolute Gasteiger partial charge is 0.480 e. The van der Waals surface area contributed by atoms with Crippen molar-refractivity contribution in [3.63, 3.8) is 0 Å². The van der Waals surface area contributed by atoms with Crippen molar-refractivity contribution in [3.05, 3.63) is 24.2 Å². The molecule has 1 atom stereocenters. The molecule has 0 aromatic carbocycles. The summed E-state index contributed by atoms with van der Waals surface area (Å²) >= 11 is 0. The van der Waals surface area contributed by atoms with E-state index in [4.69, 9.17) is 4.74 Å². The molecule has 1 N–H and O–H groups in total. The number of ether oxygens (including phenoxy) is 1. The minimum absolute atomic E-state index is 0.172. The average Bonchev–Trinajstić information content (AvgIpc) is 2.78. The molecule has 1 aliphatic rings. The topological polar surface area (TPSA) is 80.0 Å². The van der Waals surface area contributed by atoms with E-state index in [0.29, 0.717) is 19.0 Å². The molecule has 1 fully saturated rings. The fourth-order valence-electron chi connectivity index (χ4n) is 2.31. The summed E-state index contributed by atoms with van der Waals surface area (Å²) in [6, 6.07) is 1.19. The average molecular weight is 262 g/mol. The Morgan fingerprint density at radius 2 is 2.42 bits per heavy atom. The summed E-state index contributed by atoms with van der Waals surface area (Å²) in [5.41, 5.74) is 1.68. The Labute approximate surface area is 109 Å². The second-order valence-electron chi connectivity index (χ2n) is 4.49. The Balaban J connectivity index is 2.09. The Bertz CT molecular complexity index is 624. The van der Waals surface area contributed by atoms with Crippen molar-refractivity contribution in [2.24, 2.45) is 0 Å². The van der Waals surface area contributed by atoms with Gasteiger partial charge in [0.05, 0.1) is 18.9 Å². The molecule has 0 amide bonds. The van der Waals surface area contributed by atoms with Gasteiger partial charge < -0.3 is 14.7 Å². The lowest BCUT2D eigenvalue weighted by molar-refractivity contribution is -0.141. The predicted molar refractivity (Wildman–Crippen MR) is 67.3 cm³/mol. The van der Waals surface area contributed by atoms with Gasteiger partial charge in [-0.25, -0.2) is 14.3 Å². The second kappa shape index (κ2) is 4.51. The lowest BCUT2D eigenvalue weighted by atomic mass is 10.2. The van der Waals surface area contributed by atoms with Crippen molar-refractivity contribution in [1.29, 1.82) is 0 Å². The van der Waals surface area contributed by atoms with Crippen LogP contribution in [0.5, 0.6) is 0 Å². The van der Waals surface area contributed by atoms with Crippen LogP contribution < -0.4 is 4.90 Å². The van der Waals surface area contributed by atoms with Gasteiger partial charge in [-0.05, 0) is 13.0 Å². The van der Waals surface area contributed by atoms with Crippen LogP contribution in [0, 0.1) is 6.92 Å². The second-order valence-corrected chi connectivity index (χ2v) is 4.49. The first kappa shape index (κ1) is 11.9. The Hall–Kier alpha value is -2.15. The zero-order chi connectivity index (χ0) is 13.4. The molecule has 0 aliphatic carbocycles. The highest BCUT2D eigenvalue weighted by Crippen LogP contribution is 2.23. The molecule has 3 heterocycles. The zero-order valence-electron chi connectivity index (χ0n) is 10.5. The van der Waals surface area contributed by atoms with Crippen LogP contribution in [0.2, 0.25) is 0 Å². The molecule has 7 heteroatoms. The first-order valence-corrected chi connectivity index (χ1v) is 6.05. The van der Waals surface area contributed by atoms with Crippen LogP contribution in [0.1, 0.15) is 5.69 Å². The van der Waals surface area contributed by atoms with Crippen LogP contribution in [0.3, 0.4) is 0 Å². The van der Waals surface area contributed by atoms with E-state index >= 15 is 0 Å². The van der Waals surface area contributed by atoms with Gasteiger partial charge in [-0.2, -0.15) is 5.10 Å². The summed E-state index contributed by atoms with van der Waals surface area (Å²) in [6.07, 6.45) is 3.38. The molecule has 0 bridgehead atoms. The third kappa shape index (κ3) is 2.01. The molecule has 100 valence electrons. The number of carboxylic acid groups (broad SMARTS) is 1. The highest BCUT2D eigenvalue weighted by molar-refractivity contribution is 5.81. The van der Waals surface area contributed by atoms with E-state index in [2.05, 4.69) is 10.1 Å². The van der Waals surface area contributed by atoms with Gasteiger partial charge >= 0.3 is 5.97 Å². The van der Waals surface area contributed by atoms with E-state index in [0.717, 1.165) is 11.2 Å². The number of rotatable bonds is 2. The molecule has 1 saturated heterocycles. The van der Waals surface area contributed by atoms with Gasteiger partial charge in [0, 0.05) is 18.9 Å². The first-order valence-electron chi connectivity index (χ1n) is 6.05. The van der Waals surface area contributed by atoms with E-state index in [1.165, 1.54) is 0 Å². The van der Waals surface area contributed by atoms with E-state index in [1.807, 2.05) is 13.0 Å². The molecule has 1 aliphatic heterocycles. The molecule has 0 saturated carbocycles. The quantitative estimate of drug-likeness (QED) is 0.840. The molecule has 19 heavy (non-hydrogen) atoms. The van der Waals surface area contributed by atoms with Crippen LogP contribution in [0.15, 0.2) is 18.5 Å². The SMILES string of the molecule is Cc1cc2c(N3CCOCC3C(=O)O)nccn2n1. The number of aromatic nitrogens is 3. The van der Waals surface area contributed by atoms with Crippen molar-refractivity contribution in [2.45, 2.75) is 13.0 Å². The maximum absolute atomic E-state index is 11.3. The minimum Gasteiger partial charge on any atom is -0.480 e. The molecule has 0 radical (unpaired) electrons. The number of carbonyl (C=O) groups is 1. The molecule has 2 aromatic heterocycles. The Kier molecular flexibility index (Phi) is 2.83. The third-order valence-corrected chi connectivity index (χ3v) is 3.18. The fraction of sp³-hybridized carbons (Fsp3) is 0.417. The van der Waals surface area contributed by atoms with E-state index in [1.54, 1.807) is 21.8 Å². The number of aliphatic carboxylic acids is 1. The predicted octanol–water partition coefficient (Wildman–Crippen LogP) is 0.328. The number of anilines is 1. The maximum Gasteiger partial charge on any atom is 0.328 e. The van der Waals surface area contributed by atoms with E-state index in [9.17, 15) is 9.90 Å². The molecular formula is C12H14N4O3. The van der Waals surface area contributed by atoms with Gasteiger partial charge in [0.15, 0.2) is 11.9 Å². The minimum atomic E-state index is -0.903. The summed E-state index contributed by atoms with van der Waals surface area (Å²) in [7, 11) is 0. The first-order chi connectivity index (χ1) is 9.16. The number of hydrogen-bond donors (Lipinski definition) is 1. The Morgan fingerprint density at radius 1 is 1.58 bits per heavy atom. The normalized spacial score (nSPS) is 19.8. The standard InChI is InChI=1S/C12H14N4O3/c1-8-6-9-11(13-2-3-16(9)14-8)15-4-5-19-7-10(15)12(17)18/h2-3,6,10H,4-5,7H2,1H3,(H,17,18). The Morgan fingerprint density at radius 3 is 3.21 bits per heavy atom. The molecule has 3 rings (SSSR count). The molecular weight excluding hydrogens is 248 g/mol. The van der Waals surface area contributed by atoms with Gasteiger partial charge in [0.1, 0.15) is 5.52 Å². The van der Waals surface area contributed by atoms with Crippen LogP contribution in [0.25, 0.3) is 5.52 Å². The van der Waals surface area contributed by atoms with Crippen molar-refractivity contribution in [1.82, 2.24) is 14.6 Å². The van der Waals surface area contributed by atoms with Crippen LogP contribution >= 0.6 is 0 Å². The molecule has 1 unspecified atom stereocenters. The van der Waals surface area contributed by atoms with Crippen LogP contribution in [0.4, 0.5) is 5.82 Å². The van der Waals surface area contributed by atoms with Gasteiger partial charge in [-0.15, -0.1) is 0 Å². The van der Waals surface area contributed by atoms with Crippen molar-refractivity contribution < 1.29 is 14.6 Å². The molecule has 0 spiro atoms. The van der Waals surface area contributed by atoms with Crippen molar-refractivity contribution >= 4 is 17.3 Å². The van der Waals surface area contributed by atoms with E-state index in [-0.39, 0.29) is 6.61 Å². The van der Waals surface area contributed by atoms with Crippen LogP contribution in [-0.2, 0) is 9.53 Å². The lowest BCUT2D eigenvalue weighted by Crippen LogP contribution is -2.50. The van der Waals surface area contributed by atoms with Crippen molar-refractivity contribution in [3.8, 4) is 0 Å². The fourth-order valence-corrected chi connectivity index (χ4v) is 2.31. The highest BCUT2D eigenvalue weighted by Gasteiger charge is 2.31. The van der Waals surface area contributed by atoms with Gasteiger partial charge in [-0.1, -0.05) is 0 Å². The zero-order valence-corrected chi connectivity index (χ0v) is 10.5. The summed E-state index contributed by atoms with van der Waals surface area (Å²) in [5.74, 6) is -0.265. The molecule has 7 nitrogen and oxygen atoms in total. The van der Waals surface area contributed by atoms with E-state index < -0.39 is 12.0 Å². The van der Waals surface area contributed by atoms with Crippen molar-refractivity contribution in [2.75, 3.05) is 24.7 Å². The van der Waals surface area contributed by atoms with Crippen LogP contribution in [-0.4, -0.2) is 51.5 Å². The monoisotopic (exact) mass is 262 g/mol. The van der Waals surface area contributed by atoms with Gasteiger partial charge in [-0.3, -0.25) is 0 Å². The summed E-state index contributed by atoms with van der Waals surface area (Å²) in [5, 5.41) is 13.6. The highest BCUT2D eigenvalue weighted by atomic mass is 16.5. The number of fused-ring (bicyclic) bond motifs is 1.